The molecule has 6 heterocycles. The highest BCUT2D eigenvalue weighted by Gasteiger charge is 2.25. The molecule has 0 aliphatic carbocycles. The van der Waals surface area contributed by atoms with Crippen LogP contribution in [-0.4, -0.2) is 82.6 Å². The SMILES string of the molecule is C#CCn1c(=O)n(C)c(=O)c2c1nc(S(C)(=O)=O)n2C.Cn1c(=O)c2c(nc(S(C)(=O)=O)n2C)n(CC#Cc2ccc3[nH]c(=O)[nH]c3c2)c1=O.O=C1Cc2cc(I)ccc2N1. The molecule has 1 aliphatic rings. The fraction of sp³-hybridized carbons (Fsp3) is 0.243. The zero-order valence-corrected chi connectivity index (χ0v) is 36.8. The quantitative estimate of drug-likeness (QED) is 0.146. The topological polar surface area (TPSA) is 270 Å². The molecule has 316 valence electrons. The van der Waals surface area contributed by atoms with Gasteiger partial charge in [0, 0.05) is 55.5 Å². The summed E-state index contributed by atoms with van der Waals surface area (Å²) in [6.07, 6.45) is 7.67. The Bertz CT molecular complexity index is 3660. The number of imidazole rings is 3. The van der Waals surface area contributed by atoms with Crippen molar-refractivity contribution in [2.75, 3.05) is 17.8 Å². The van der Waals surface area contributed by atoms with E-state index in [4.69, 9.17) is 6.42 Å². The van der Waals surface area contributed by atoms with Crippen LogP contribution in [-0.2, 0) is 72.2 Å². The first-order valence-corrected chi connectivity index (χ1v) is 22.3. The summed E-state index contributed by atoms with van der Waals surface area (Å²) < 4.78 is 54.8. The number of anilines is 1. The maximum atomic E-state index is 12.6. The molecule has 2 aromatic carbocycles. The molecule has 1 aliphatic heterocycles. The Balaban J connectivity index is 0.000000171. The van der Waals surface area contributed by atoms with E-state index in [1.807, 2.05) is 18.2 Å². The molecule has 0 spiro atoms. The minimum absolute atomic E-state index is 0.00866. The minimum atomic E-state index is -3.72. The third-order valence-corrected chi connectivity index (χ3v) is 12.0. The fourth-order valence-corrected chi connectivity index (χ4v) is 8.62. The van der Waals surface area contributed by atoms with E-state index in [0.717, 1.165) is 51.2 Å². The molecule has 7 aromatic rings. The highest BCUT2D eigenvalue weighted by molar-refractivity contribution is 14.1. The van der Waals surface area contributed by atoms with Gasteiger partial charge in [-0.2, -0.15) is 9.97 Å². The van der Waals surface area contributed by atoms with Gasteiger partial charge in [-0.15, -0.1) is 6.42 Å². The molecule has 0 saturated heterocycles. The van der Waals surface area contributed by atoms with E-state index >= 15 is 0 Å². The summed E-state index contributed by atoms with van der Waals surface area (Å²) in [6.45, 7) is -0.227. The first kappa shape index (κ1) is 43.8. The second kappa shape index (κ2) is 16.4. The smallest absolute Gasteiger partial charge is 0.326 e. The van der Waals surface area contributed by atoms with Crippen LogP contribution in [0.15, 0.2) is 70.7 Å². The zero-order chi connectivity index (χ0) is 44.9. The van der Waals surface area contributed by atoms with Crippen molar-refractivity contribution in [2.24, 2.45) is 28.2 Å². The van der Waals surface area contributed by atoms with Gasteiger partial charge < -0.3 is 24.4 Å². The maximum absolute atomic E-state index is 12.6. The highest BCUT2D eigenvalue weighted by Crippen LogP contribution is 2.24. The van der Waals surface area contributed by atoms with Gasteiger partial charge in [0.15, 0.2) is 22.3 Å². The number of terminal acetylenes is 1. The Labute approximate surface area is 357 Å². The number of nitrogens with zero attached hydrogens (tertiary/aromatic N) is 8. The minimum Gasteiger partial charge on any atom is -0.326 e. The van der Waals surface area contributed by atoms with Crippen molar-refractivity contribution in [3.63, 3.8) is 0 Å². The predicted molar refractivity (Wildman–Crippen MR) is 233 cm³/mol. The molecule has 3 N–H and O–H groups in total. The van der Waals surface area contributed by atoms with Crippen LogP contribution in [0.2, 0.25) is 0 Å². The van der Waals surface area contributed by atoms with E-state index in [2.05, 4.69) is 65.6 Å². The van der Waals surface area contributed by atoms with Crippen molar-refractivity contribution in [1.82, 2.24) is 47.3 Å². The van der Waals surface area contributed by atoms with Gasteiger partial charge in [0.1, 0.15) is 0 Å². The van der Waals surface area contributed by atoms with Crippen LogP contribution in [0.5, 0.6) is 0 Å². The van der Waals surface area contributed by atoms with Crippen molar-refractivity contribution in [2.45, 2.75) is 29.8 Å². The molecular formula is C37H34IN11O10S2. The van der Waals surface area contributed by atoms with Gasteiger partial charge in [-0.25, -0.2) is 31.2 Å². The lowest BCUT2D eigenvalue weighted by Crippen LogP contribution is -2.38. The number of sulfone groups is 2. The van der Waals surface area contributed by atoms with Crippen LogP contribution in [0.1, 0.15) is 11.1 Å². The van der Waals surface area contributed by atoms with Crippen molar-refractivity contribution in [1.29, 1.82) is 0 Å². The normalized spacial score (nSPS) is 12.2. The number of aromatic amines is 2. The molecule has 1 amide bonds. The zero-order valence-electron chi connectivity index (χ0n) is 33.0. The average Bonchev–Trinajstić information content (AvgIpc) is 3.94. The number of hydrogen-bond acceptors (Lipinski definition) is 12. The number of aromatic nitrogens is 10. The number of rotatable bonds is 4. The first-order valence-electron chi connectivity index (χ1n) is 17.5. The Kier molecular flexibility index (Phi) is 11.7. The first-order chi connectivity index (χ1) is 28.5. The number of nitrogens with one attached hydrogen (secondary N) is 3. The molecule has 8 rings (SSSR count). The summed E-state index contributed by atoms with van der Waals surface area (Å²) in [6, 6.07) is 11.1. The third-order valence-electron chi connectivity index (χ3n) is 9.22. The molecular weight excluding hydrogens is 950 g/mol. The van der Waals surface area contributed by atoms with Crippen molar-refractivity contribution in [3.8, 4) is 24.2 Å². The van der Waals surface area contributed by atoms with E-state index in [1.54, 1.807) is 18.2 Å². The molecule has 5 aromatic heterocycles. The summed E-state index contributed by atoms with van der Waals surface area (Å²) >= 11 is 2.24. The Morgan fingerprint density at radius 1 is 0.721 bits per heavy atom. The van der Waals surface area contributed by atoms with Crippen molar-refractivity contribution in [3.05, 3.63) is 103 Å². The predicted octanol–water partition coefficient (Wildman–Crippen LogP) is -0.685. The molecule has 61 heavy (non-hydrogen) atoms. The summed E-state index contributed by atoms with van der Waals surface area (Å²) in [4.78, 5) is 84.7. The Morgan fingerprint density at radius 2 is 1.25 bits per heavy atom. The standard InChI is InChI=1S/C18H16N6O5S.C11H12N4O4S.C8H6INO/c1-22-13-14(21-17(22)30(3,28)29)24(18(27)23(2)15(13)25)8-4-5-10-6-7-11-12(9-10)20-16(26)19-11;1-5-6-15-8-7(9(16)14(3)11(15)17)13(2)10(12-8)20(4,18)19;9-6-1-2-7-5(3-6)4-8(11)10-7/h6-7,9H,8H2,1-3H3,(H2,19,20,26);1H,6H2,2-4H3;1-3H,4H2,(H,10,11). The summed E-state index contributed by atoms with van der Waals surface area (Å²) in [7, 11) is -1.95. The van der Waals surface area contributed by atoms with Crippen molar-refractivity contribution < 1.29 is 21.6 Å². The van der Waals surface area contributed by atoms with Crippen LogP contribution in [0.4, 0.5) is 5.69 Å². The number of aryl methyl sites for hydroxylation is 2. The molecule has 0 radical (unpaired) electrons. The number of halogens is 1. The van der Waals surface area contributed by atoms with Crippen LogP contribution in [0, 0.1) is 27.8 Å². The van der Waals surface area contributed by atoms with Crippen LogP contribution >= 0.6 is 22.6 Å². The van der Waals surface area contributed by atoms with Gasteiger partial charge in [-0.3, -0.25) is 32.7 Å². The number of benzene rings is 2. The average molecular weight is 984 g/mol. The van der Waals surface area contributed by atoms with E-state index in [-0.39, 0.29) is 57.3 Å². The Morgan fingerprint density at radius 3 is 1.77 bits per heavy atom. The molecule has 0 saturated carbocycles. The van der Waals surface area contributed by atoms with Crippen LogP contribution in [0.25, 0.3) is 33.4 Å². The number of H-pyrrole nitrogens is 2. The van der Waals surface area contributed by atoms with Crippen molar-refractivity contribution >= 4 is 87.2 Å². The van der Waals surface area contributed by atoms with Gasteiger partial charge in [0.05, 0.1) is 30.5 Å². The summed E-state index contributed by atoms with van der Waals surface area (Å²) in [5.41, 5.74) is 0.948. The van der Waals surface area contributed by atoms with Gasteiger partial charge in [-0.05, 0) is 64.6 Å². The van der Waals surface area contributed by atoms with Crippen LogP contribution in [0.3, 0.4) is 0 Å². The second-order valence-electron chi connectivity index (χ2n) is 13.6. The lowest BCUT2D eigenvalue weighted by molar-refractivity contribution is -0.115. The molecule has 0 atom stereocenters. The van der Waals surface area contributed by atoms with Gasteiger partial charge in [0.2, 0.25) is 35.9 Å². The van der Waals surface area contributed by atoms with E-state index in [9.17, 15) is 45.6 Å². The van der Waals surface area contributed by atoms with E-state index in [0.29, 0.717) is 23.0 Å². The summed E-state index contributed by atoms with van der Waals surface area (Å²) in [5.74, 6) is 8.10. The molecule has 0 unspecified atom stereocenters. The number of carbonyl (C=O) groups excluding carboxylic acids is 1. The van der Waals surface area contributed by atoms with E-state index in [1.165, 1.54) is 31.8 Å². The molecule has 21 nitrogen and oxygen atoms in total. The van der Waals surface area contributed by atoms with Gasteiger partial charge >= 0.3 is 17.1 Å². The number of hydrogen-bond donors (Lipinski definition) is 3. The largest absolute Gasteiger partial charge is 0.333 e. The third kappa shape index (κ3) is 8.50. The van der Waals surface area contributed by atoms with Crippen LogP contribution < -0.4 is 33.5 Å². The number of fused-ring (bicyclic) bond motifs is 4. The Hall–Kier alpha value is -6.77. The second-order valence-corrected chi connectivity index (χ2v) is 18.7. The fourth-order valence-electron chi connectivity index (χ4n) is 6.39. The lowest BCUT2D eigenvalue weighted by Gasteiger charge is -2.05. The molecule has 0 bridgehead atoms. The lowest BCUT2D eigenvalue weighted by atomic mass is 10.2. The highest BCUT2D eigenvalue weighted by atomic mass is 127. The van der Waals surface area contributed by atoms with Gasteiger partial charge in [-0.1, -0.05) is 17.8 Å². The monoisotopic (exact) mass is 983 g/mol. The van der Waals surface area contributed by atoms with E-state index < -0.39 is 42.2 Å². The number of carbonyl (C=O) groups is 1. The number of amides is 1. The maximum Gasteiger partial charge on any atom is 0.333 e. The summed E-state index contributed by atoms with van der Waals surface area (Å²) in [5, 5.41) is 2.18. The molecule has 0 fully saturated rings. The molecule has 24 heteroatoms. The van der Waals surface area contributed by atoms with Gasteiger partial charge in [0.25, 0.3) is 11.1 Å².